The lowest BCUT2D eigenvalue weighted by atomic mass is 10.0. The van der Waals surface area contributed by atoms with Gasteiger partial charge in [0.05, 0.1) is 47.2 Å². The van der Waals surface area contributed by atoms with E-state index in [1.807, 2.05) is 60.9 Å². The molecule has 0 bridgehead atoms. The summed E-state index contributed by atoms with van der Waals surface area (Å²) in [6.07, 6.45) is 7.66. The average Bonchev–Trinajstić information content (AvgIpc) is 2.98. The van der Waals surface area contributed by atoms with Crippen molar-refractivity contribution in [1.82, 2.24) is 19.9 Å². The molecule has 2 fully saturated rings. The molecule has 2 aliphatic rings. The molecule has 1 N–H and O–H groups in total. The molecule has 0 saturated carbocycles. The van der Waals surface area contributed by atoms with Crippen LogP contribution in [0.25, 0.3) is 22.2 Å². The highest BCUT2D eigenvalue weighted by molar-refractivity contribution is 7.86. The summed E-state index contributed by atoms with van der Waals surface area (Å²) in [6, 6.07) is 18.0. The molecule has 2 saturated heterocycles. The maximum Gasteiger partial charge on any atom is 0.150 e. The van der Waals surface area contributed by atoms with Crippen LogP contribution in [-0.4, -0.2) is 69.5 Å². The summed E-state index contributed by atoms with van der Waals surface area (Å²) in [4.78, 5) is 19.7. The summed E-state index contributed by atoms with van der Waals surface area (Å²) in [7, 11) is -1.36. The Morgan fingerprint density at radius 1 is 0.865 bits per heavy atom. The van der Waals surface area contributed by atoms with Gasteiger partial charge in [-0.15, -0.1) is 0 Å². The second kappa shape index (κ2) is 10.9. The number of anilines is 2. The first-order chi connectivity index (χ1) is 18.2. The van der Waals surface area contributed by atoms with Crippen LogP contribution in [0.3, 0.4) is 0 Å². The zero-order chi connectivity index (χ0) is 25.0. The van der Waals surface area contributed by atoms with E-state index < -0.39 is 11.0 Å². The minimum atomic E-state index is -1.36. The molecule has 4 heterocycles. The van der Waals surface area contributed by atoms with E-state index in [9.17, 15) is 4.21 Å². The van der Waals surface area contributed by atoms with Crippen LogP contribution in [0.4, 0.5) is 11.5 Å². The van der Waals surface area contributed by atoms with E-state index >= 15 is 0 Å². The van der Waals surface area contributed by atoms with Crippen molar-refractivity contribution in [2.75, 3.05) is 49.0 Å². The fourth-order valence-corrected chi connectivity index (χ4v) is 5.95. The number of morpholine rings is 1. The van der Waals surface area contributed by atoms with Crippen molar-refractivity contribution in [1.29, 1.82) is 0 Å². The normalized spacial score (nSPS) is 18.1. The number of benzene rings is 2. The molecular formula is C28H30N6O2S. The van der Waals surface area contributed by atoms with E-state index in [1.54, 1.807) is 6.20 Å². The number of fused-ring (bicyclic) bond motifs is 1. The van der Waals surface area contributed by atoms with E-state index in [4.69, 9.17) is 14.7 Å². The van der Waals surface area contributed by atoms with Crippen molar-refractivity contribution in [2.45, 2.75) is 23.8 Å². The quantitative estimate of drug-likeness (QED) is 0.414. The molecule has 2 aromatic carbocycles. The van der Waals surface area contributed by atoms with Crippen LogP contribution in [0.1, 0.15) is 12.8 Å². The van der Waals surface area contributed by atoms with Gasteiger partial charge in [-0.2, -0.15) is 0 Å². The first-order valence-electron chi connectivity index (χ1n) is 12.8. The predicted octanol–water partition coefficient (Wildman–Crippen LogP) is 4.13. The standard InChI is InChI=1S/C28H30N6O2S/c35-37(25-4-2-1-3-5-25)32-23-16-22(18-29-19-23)21-6-7-26-27(17-21)31-28(20-30-26)34-10-8-24(9-11-34)33-12-14-36-15-13-33/h1-7,16-20,24,32H,8-15H2. The highest BCUT2D eigenvalue weighted by Gasteiger charge is 2.26. The van der Waals surface area contributed by atoms with E-state index in [2.05, 4.69) is 25.6 Å². The Bertz CT molecular complexity index is 1390. The molecule has 0 radical (unpaired) electrons. The van der Waals surface area contributed by atoms with Gasteiger partial charge < -0.3 is 9.64 Å². The summed E-state index contributed by atoms with van der Waals surface area (Å²) in [6.45, 7) is 5.74. The van der Waals surface area contributed by atoms with Crippen LogP contribution in [0, 0.1) is 0 Å². The predicted molar refractivity (Wildman–Crippen MR) is 147 cm³/mol. The average molecular weight is 515 g/mol. The molecule has 4 aromatic rings. The number of nitrogens with one attached hydrogen (secondary N) is 1. The van der Waals surface area contributed by atoms with Gasteiger partial charge in [0.15, 0.2) is 0 Å². The summed E-state index contributed by atoms with van der Waals surface area (Å²) in [5.74, 6) is 0.928. The Labute approximate surface area is 219 Å². The molecule has 190 valence electrons. The topological polar surface area (TPSA) is 83.5 Å². The van der Waals surface area contributed by atoms with E-state index in [0.717, 1.165) is 85.1 Å². The molecule has 0 aliphatic carbocycles. The minimum Gasteiger partial charge on any atom is -0.379 e. The number of nitrogens with zero attached hydrogens (tertiary/aromatic N) is 5. The number of rotatable bonds is 6. The first-order valence-corrected chi connectivity index (χ1v) is 13.9. The largest absolute Gasteiger partial charge is 0.379 e. The van der Waals surface area contributed by atoms with Crippen LogP contribution in [0.2, 0.25) is 0 Å². The minimum absolute atomic E-state index is 0.629. The van der Waals surface area contributed by atoms with Crippen LogP contribution in [-0.2, 0) is 15.7 Å². The SMILES string of the molecule is O=S(Nc1cncc(-c2ccc3ncc(N4CCC(N5CCOCC5)CC4)nc3c2)c1)c1ccccc1. The fraction of sp³-hybridized carbons (Fsp3) is 0.321. The van der Waals surface area contributed by atoms with Gasteiger partial charge in [0.1, 0.15) is 16.8 Å². The third-order valence-corrected chi connectivity index (χ3v) is 8.24. The Kier molecular flexibility index (Phi) is 7.07. The number of aromatic nitrogens is 3. The van der Waals surface area contributed by atoms with Gasteiger partial charge in [0, 0.05) is 44.0 Å². The molecule has 9 heteroatoms. The number of piperidine rings is 1. The smallest absolute Gasteiger partial charge is 0.150 e. The summed E-state index contributed by atoms with van der Waals surface area (Å²) in [5, 5.41) is 0. The molecule has 2 aromatic heterocycles. The van der Waals surface area contributed by atoms with Crippen molar-refractivity contribution in [3.05, 3.63) is 73.2 Å². The molecule has 37 heavy (non-hydrogen) atoms. The lowest BCUT2D eigenvalue weighted by Gasteiger charge is -2.40. The maximum atomic E-state index is 12.7. The van der Waals surface area contributed by atoms with Crippen LogP contribution >= 0.6 is 0 Å². The summed E-state index contributed by atoms with van der Waals surface area (Å²) in [5.41, 5.74) is 4.34. The number of hydrogen-bond acceptors (Lipinski definition) is 7. The van der Waals surface area contributed by atoms with Crippen molar-refractivity contribution in [2.24, 2.45) is 0 Å². The first kappa shape index (κ1) is 24.0. The highest BCUT2D eigenvalue weighted by atomic mass is 32.2. The molecule has 8 nitrogen and oxygen atoms in total. The maximum absolute atomic E-state index is 12.7. The Morgan fingerprint density at radius 3 is 2.49 bits per heavy atom. The number of ether oxygens (including phenoxy) is 1. The Balaban J connectivity index is 1.18. The van der Waals surface area contributed by atoms with E-state index in [1.165, 1.54) is 0 Å². The van der Waals surface area contributed by atoms with Crippen molar-refractivity contribution in [3.8, 4) is 11.1 Å². The summed E-state index contributed by atoms with van der Waals surface area (Å²) < 4.78 is 21.2. The molecule has 0 amide bonds. The van der Waals surface area contributed by atoms with Gasteiger partial charge in [-0.3, -0.25) is 19.6 Å². The highest BCUT2D eigenvalue weighted by Crippen LogP contribution is 2.27. The van der Waals surface area contributed by atoms with Gasteiger partial charge in [-0.1, -0.05) is 24.3 Å². The van der Waals surface area contributed by atoms with Crippen LogP contribution in [0.5, 0.6) is 0 Å². The Hall–Kier alpha value is -3.40. The van der Waals surface area contributed by atoms with Gasteiger partial charge in [0.25, 0.3) is 0 Å². The van der Waals surface area contributed by atoms with Crippen molar-refractivity contribution >= 4 is 33.5 Å². The van der Waals surface area contributed by atoms with Gasteiger partial charge in [-0.05, 0) is 48.7 Å². The molecule has 1 unspecified atom stereocenters. The molecule has 1 atom stereocenters. The molecule has 2 aliphatic heterocycles. The second-order valence-electron chi connectivity index (χ2n) is 9.44. The van der Waals surface area contributed by atoms with E-state index in [0.29, 0.717) is 11.7 Å². The van der Waals surface area contributed by atoms with Gasteiger partial charge in [0.2, 0.25) is 0 Å². The number of hydrogen-bond donors (Lipinski definition) is 1. The lowest BCUT2D eigenvalue weighted by Crippen LogP contribution is -2.49. The third kappa shape index (κ3) is 5.49. The Morgan fingerprint density at radius 2 is 1.68 bits per heavy atom. The fourth-order valence-electron chi connectivity index (χ4n) is 5.10. The third-order valence-electron chi connectivity index (χ3n) is 7.12. The second-order valence-corrected chi connectivity index (χ2v) is 10.7. The van der Waals surface area contributed by atoms with Gasteiger partial charge >= 0.3 is 0 Å². The number of pyridine rings is 1. The molecule has 6 rings (SSSR count). The van der Waals surface area contributed by atoms with Gasteiger partial charge in [-0.25, -0.2) is 9.19 Å². The summed E-state index contributed by atoms with van der Waals surface area (Å²) >= 11 is 0. The zero-order valence-corrected chi connectivity index (χ0v) is 21.4. The lowest BCUT2D eigenvalue weighted by molar-refractivity contribution is 0.0115. The van der Waals surface area contributed by atoms with Crippen LogP contribution in [0.15, 0.2) is 78.1 Å². The monoisotopic (exact) mass is 514 g/mol. The molecular weight excluding hydrogens is 484 g/mol. The van der Waals surface area contributed by atoms with E-state index in [-0.39, 0.29) is 0 Å². The van der Waals surface area contributed by atoms with Crippen molar-refractivity contribution in [3.63, 3.8) is 0 Å². The molecule has 0 spiro atoms. The van der Waals surface area contributed by atoms with Crippen LogP contribution < -0.4 is 9.62 Å². The zero-order valence-electron chi connectivity index (χ0n) is 20.6. The van der Waals surface area contributed by atoms with Crippen molar-refractivity contribution < 1.29 is 8.95 Å².